The predicted molar refractivity (Wildman–Crippen MR) is 172 cm³/mol. The van der Waals surface area contributed by atoms with Gasteiger partial charge in [-0.05, 0) is 99.9 Å². The fourth-order valence-electron chi connectivity index (χ4n) is 5.28. The first kappa shape index (κ1) is 33.3. The second-order valence-electron chi connectivity index (χ2n) is 11.7. The minimum absolute atomic E-state index is 0.198. The van der Waals surface area contributed by atoms with Crippen LogP contribution in [0.5, 0.6) is 0 Å². The molecule has 1 saturated carbocycles. The van der Waals surface area contributed by atoms with Crippen LogP contribution < -0.4 is 10.5 Å². The SMILES string of the molecule is CN1CCC(N)CC1.Cc1ccc(-c2ccc(C(F)(F)C(C=O)NSc3ccc(CCOC4CCCC4)cc3)cc2)cc1. The van der Waals surface area contributed by atoms with Crippen LogP contribution in [0.4, 0.5) is 8.78 Å². The first-order valence-electron chi connectivity index (χ1n) is 15.3. The molecule has 5 nitrogen and oxygen atoms in total. The zero-order valence-electron chi connectivity index (χ0n) is 25.3. The maximum Gasteiger partial charge on any atom is 0.295 e. The van der Waals surface area contributed by atoms with Gasteiger partial charge in [-0.3, -0.25) is 0 Å². The maximum absolute atomic E-state index is 15.1. The molecule has 0 amide bonds. The van der Waals surface area contributed by atoms with Gasteiger partial charge >= 0.3 is 0 Å². The minimum atomic E-state index is -3.35. The third-order valence-electron chi connectivity index (χ3n) is 8.22. The van der Waals surface area contributed by atoms with Crippen LogP contribution in [0.3, 0.4) is 0 Å². The van der Waals surface area contributed by atoms with Crippen molar-refractivity contribution in [3.63, 3.8) is 0 Å². The highest BCUT2D eigenvalue weighted by molar-refractivity contribution is 7.97. The van der Waals surface area contributed by atoms with Crippen molar-refractivity contribution in [3.8, 4) is 11.1 Å². The van der Waals surface area contributed by atoms with Gasteiger partial charge in [0.05, 0.1) is 12.7 Å². The highest BCUT2D eigenvalue weighted by atomic mass is 32.2. The third-order valence-corrected chi connectivity index (χ3v) is 9.10. The molecule has 1 heterocycles. The number of carbonyl (C=O) groups is 1. The molecule has 0 spiro atoms. The highest BCUT2D eigenvalue weighted by Gasteiger charge is 2.41. The lowest BCUT2D eigenvalue weighted by molar-refractivity contribution is -0.119. The Balaban J connectivity index is 0.000000458. The van der Waals surface area contributed by atoms with Gasteiger partial charge in [-0.25, -0.2) is 4.72 Å². The van der Waals surface area contributed by atoms with E-state index in [-0.39, 0.29) is 11.8 Å². The molecule has 43 heavy (non-hydrogen) atoms. The normalized spacial score (nSPS) is 17.3. The van der Waals surface area contributed by atoms with Crippen LogP contribution in [-0.2, 0) is 21.9 Å². The van der Waals surface area contributed by atoms with E-state index < -0.39 is 12.0 Å². The van der Waals surface area contributed by atoms with Crippen molar-refractivity contribution in [2.24, 2.45) is 5.73 Å². The quantitative estimate of drug-likeness (QED) is 0.178. The van der Waals surface area contributed by atoms with Gasteiger partial charge in [0.25, 0.3) is 5.92 Å². The fourth-order valence-corrected chi connectivity index (χ4v) is 6.02. The van der Waals surface area contributed by atoms with Gasteiger partial charge in [-0.2, -0.15) is 8.78 Å². The Morgan fingerprint density at radius 1 is 0.953 bits per heavy atom. The Morgan fingerprint density at radius 2 is 1.53 bits per heavy atom. The number of nitrogens with zero attached hydrogens (tertiary/aromatic N) is 1. The molecule has 0 aromatic heterocycles. The number of hydrogen-bond acceptors (Lipinski definition) is 6. The molecule has 1 aliphatic heterocycles. The number of likely N-dealkylation sites (tertiary alicyclic amines) is 1. The summed E-state index contributed by atoms with van der Waals surface area (Å²) in [5.74, 6) is -3.35. The minimum Gasteiger partial charge on any atom is -0.378 e. The number of benzene rings is 3. The second-order valence-corrected chi connectivity index (χ2v) is 12.6. The van der Waals surface area contributed by atoms with Crippen LogP contribution in [0.1, 0.15) is 55.2 Å². The topological polar surface area (TPSA) is 67.6 Å². The molecule has 3 aromatic carbocycles. The van der Waals surface area contributed by atoms with E-state index in [0.29, 0.717) is 18.8 Å². The summed E-state index contributed by atoms with van der Waals surface area (Å²) >= 11 is 1.04. The first-order chi connectivity index (χ1) is 20.7. The number of ether oxygens (including phenoxy) is 1. The van der Waals surface area contributed by atoms with Gasteiger partial charge in [-0.15, -0.1) is 0 Å². The fraction of sp³-hybridized carbons (Fsp3) is 0.457. The molecule has 1 unspecified atom stereocenters. The Kier molecular flexibility index (Phi) is 12.7. The van der Waals surface area contributed by atoms with E-state index in [1.165, 1.54) is 50.9 Å². The van der Waals surface area contributed by atoms with Crippen LogP contribution in [0.25, 0.3) is 11.1 Å². The zero-order chi connectivity index (χ0) is 30.7. The number of halogens is 2. The number of aldehydes is 1. The lowest BCUT2D eigenvalue weighted by atomic mass is 9.98. The van der Waals surface area contributed by atoms with Gasteiger partial charge in [0, 0.05) is 16.5 Å². The summed E-state index contributed by atoms with van der Waals surface area (Å²) in [5, 5.41) is 0. The van der Waals surface area contributed by atoms with Crippen molar-refractivity contribution in [1.29, 1.82) is 0 Å². The Hall–Kier alpha value is -2.62. The summed E-state index contributed by atoms with van der Waals surface area (Å²) in [5.41, 5.74) is 9.55. The molecule has 8 heteroatoms. The van der Waals surface area contributed by atoms with E-state index in [9.17, 15) is 4.79 Å². The summed E-state index contributed by atoms with van der Waals surface area (Å²) in [7, 11) is 2.14. The van der Waals surface area contributed by atoms with Crippen LogP contribution in [0, 0.1) is 6.92 Å². The first-order valence-corrected chi connectivity index (χ1v) is 16.1. The number of carbonyl (C=O) groups excluding carboxylic acids is 1. The van der Waals surface area contributed by atoms with Crippen LogP contribution in [-0.4, -0.2) is 56.1 Å². The number of hydrogen-bond donors (Lipinski definition) is 2. The summed E-state index contributed by atoms with van der Waals surface area (Å²) in [6.45, 7) is 5.05. The molecule has 0 bridgehead atoms. The maximum atomic E-state index is 15.1. The summed E-state index contributed by atoms with van der Waals surface area (Å²) in [4.78, 5) is 14.7. The molecule has 2 fully saturated rings. The molecule has 1 saturated heterocycles. The van der Waals surface area contributed by atoms with Crippen molar-refractivity contribution in [1.82, 2.24) is 9.62 Å². The molecule has 1 aliphatic carbocycles. The number of piperidine rings is 1. The Morgan fingerprint density at radius 3 is 2.09 bits per heavy atom. The highest BCUT2D eigenvalue weighted by Crippen LogP contribution is 2.34. The van der Waals surface area contributed by atoms with Gasteiger partial charge in [0.15, 0.2) is 0 Å². The molecular formula is C35H45F2N3O2S. The van der Waals surface area contributed by atoms with Crippen molar-refractivity contribution >= 4 is 18.2 Å². The molecule has 232 valence electrons. The van der Waals surface area contributed by atoms with Crippen molar-refractivity contribution < 1.29 is 18.3 Å². The zero-order valence-corrected chi connectivity index (χ0v) is 26.1. The van der Waals surface area contributed by atoms with E-state index in [1.807, 2.05) is 55.5 Å². The second kappa shape index (κ2) is 16.5. The number of nitrogens with two attached hydrogens (primary N) is 1. The van der Waals surface area contributed by atoms with Gasteiger partial charge in [0.1, 0.15) is 12.3 Å². The smallest absolute Gasteiger partial charge is 0.295 e. The van der Waals surface area contributed by atoms with Gasteiger partial charge in [-0.1, -0.05) is 79.1 Å². The number of aryl methyl sites for hydroxylation is 1. The van der Waals surface area contributed by atoms with E-state index in [4.69, 9.17) is 10.5 Å². The molecule has 0 radical (unpaired) electrons. The number of nitrogens with one attached hydrogen (secondary N) is 1. The van der Waals surface area contributed by atoms with E-state index >= 15 is 8.78 Å². The Labute approximate surface area is 259 Å². The summed E-state index contributed by atoms with van der Waals surface area (Å²) < 4.78 is 38.8. The average Bonchev–Trinajstić information content (AvgIpc) is 3.54. The molecular weight excluding hydrogens is 564 g/mol. The Bertz CT molecular complexity index is 1230. The van der Waals surface area contributed by atoms with Gasteiger partial charge in [0.2, 0.25) is 0 Å². The van der Waals surface area contributed by atoms with E-state index in [0.717, 1.165) is 58.4 Å². The average molecular weight is 610 g/mol. The number of alkyl halides is 2. The lowest BCUT2D eigenvalue weighted by Crippen LogP contribution is -2.41. The lowest BCUT2D eigenvalue weighted by Gasteiger charge is -2.25. The van der Waals surface area contributed by atoms with Gasteiger partial charge < -0.3 is 20.2 Å². The van der Waals surface area contributed by atoms with Crippen molar-refractivity contribution in [2.75, 3.05) is 26.7 Å². The van der Waals surface area contributed by atoms with Crippen LogP contribution in [0.15, 0.2) is 77.7 Å². The number of rotatable bonds is 11. The molecule has 1 atom stereocenters. The predicted octanol–water partition coefficient (Wildman–Crippen LogP) is 7.16. The van der Waals surface area contributed by atoms with E-state index in [2.05, 4.69) is 16.7 Å². The van der Waals surface area contributed by atoms with Crippen molar-refractivity contribution in [3.05, 3.63) is 89.5 Å². The van der Waals surface area contributed by atoms with E-state index in [1.54, 1.807) is 12.1 Å². The van der Waals surface area contributed by atoms with Crippen LogP contribution >= 0.6 is 11.9 Å². The molecule has 2 aliphatic rings. The largest absolute Gasteiger partial charge is 0.378 e. The molecule has 3 aromatic rings. The molecule has 3 N–H and O–H groups in total. The van der Waals surface area contributed by atoms with Crippen molar-refractivity contribution in [2.45, 2.75) is 80.9 Å². The standard InChI is InChI=1S/C29H31F2NO2S.C6H14N2/c1-21-6-10-23(11-7-21)24-12-14-25(15-13-24)29(30,31)28(20-33)32-35-27-16-8-22(9-17-27)18-19-34-26-4-2-3-5-26;1-8-4-2-6(7)3-5-8/h6-17,20,26,28,32H,2-5,18-19H2,1H3;6H,2-5,7H2,1H3. The summed E-state index contributed by atoms with van der Waals surface area (Å²) in [6, 6.07) is 20.5. The summed E-state index contributed by atoms with van der Waals surface area (Å²) in [6.07, 6.45) is 8.66. The third kappa shape index (κ3) is 10.2. The monoisotopic (exact) mass is 609 g/mol. The molecule has 5 rings (SSSR count). The van der Waals surface area contributed by atoms with Crippen LogP contribution in [0.2, 0.25) is 0 Å².